The number of nitrogens with one attached hydrogen (secondary N) is 3. The molecule has 71 heavy (non-hydrogen) atoms. The van der Waals surface area contributed by atoms with Crippen molar-refractivity contribution < 1.29 is 41.8 Å². The van der Waals surface area contributed by atoms with Crippen LogP contribution in [0.1, 0.15) is 91.2 Å². The van der Waals surface area contributed by atoms with Gasteiger partial charge >= 0.3 is 0 Å². The van der Waals surface area contributed by atoms with Gasteiger partial charge in [-0.15, -0.1) is 0 Å². The van der Waals surface area contributed by atoms with Crippen LogP contribution in [0.5, 0.6) is 11.6 Å². The van der Waals surface area contributed by atoms with E-state index in [1.807, 2.05) is 30.5 Å². The van der Waals surface area contributed by atoms with Gasteiger partial charge in [0.2, 0.25) is 5.88 Å². The third-order valence-corrected chi connectivity index (χ3v) is 17.9. The fourth-order valence-corrected chi connectivity index (χ4v) is 13.7. The van der Waals surface area contributed by atoms with Crippen LogP contribution in [-0.4, -0.2) is 124 Å². The maximum absolute atomic E-state index is 14.8. The highest BCUT2D eigenvalue weighted by Crippen LogP contribution is 2.55. The molecule has 3 aromatic carbocycles. The molecular formula is C52H58N8O10S. The normalized spacial score (nSPS) is 26.3. The molecule has 4 saturated heterocycles. The number of fused-ring (bicyclic) bond motifs is 4. The second kappa shape index (κ2) is 17.6. The summed E-state index contributed by atoms with van der Waals surface area (Å²) in [6.45, 7) is 4.77. The van der Waals surface area contributed by atoms with Gasteiger partial charge in [-0.2, -0.15) is 4.98 Å². The fraction of sp³-hybridized carbons (Fsp3) is 0.500. The van der Waals surface area contributed by atoms with Gasteiger partial charge in [0.05, 0.1) is 59.6 Å². The number of aromatic nitrogens is 2. The van der Waals surface area contributed by atoms with Crippen molar-refractivity contribution in [3.8, 4) is 11.6 Å². The monoisotopic (exact) mass is 986 g/mol. The van der Waals surface area contributed by atoms with Crippen molar-refractivity contribution in [2.75, 3.05) is 74.4 Å². The lowest BCUT2D eigenvalue weighted by Crippen LogP contribution is -2.55. The highest BCUT2D eigenvalue weighted by molar-refractivity contribution is 7.90. The molecule has 372 valence electrons. The molecule has 6 fully saturated rings. The quantitative estimate of drug-likeness (QED) is 0.0927. The highest BCUT2D eigenvalue weighted by atomic mass is 32.2. The van der Waals surface area contributed by atoms with E-state index < -0.39 is 49.7 Å². The molecule has 0 bridgehead atoms. The lowest BCUT2D eigenvalue weighted by Gasteiger charge is -2.56. The van der Waals surface area contributed by atoms with Crippen molar-refractivity contribution in [1.29, 1.82) is 0 Å². The number of hydrogen-bond donors (Lipinski definition) is 3. The Kier molecular flexibility index (Phi) is 11.2. The number of likely N-dealkylation sites (tertiary alicyclic amines) is 1. The minimum Gasteiger partial charge on any atom is -0.489 e. The number of rotatable bonds is 10. The van der Waals surface area contributed by atoms with E-state index in [1.165, 1.54) is 44.6 Å². The Balaban J connectivity index is 0.793. The largest absolute Gasteiger partial charge is 0.489 e. The Labute approximate surface area is 411 Å². The summed E-state index contributed by atoms with van der Waals surface area (Å²) in [6.07, 6.45) is 11.2. The summed E-state index contributed by atoms with van der Waals surface area (Å²) >= 11 is 0. The van der Waals surface area contributed by atoms with Gasteiger partial charge in [0, 0.05) is 61.2 Å². The molecule has 18 nitrogen and oxygen atoms in total. The minimum absolute atomic E-state index is 0.0250. The summed E-state index contributed by atoms with van der Waals surface area (Å²) in [7, 11) is -4.71. The molecule has 5 aromatic rings. The molecule has 3 N–H and O–H groups in total. The first-order chi connectivity index (χ1) is 34.6. The lowest BCUT2D eigenvalue weighted by molar-refractivity contribution is -0.384. The van der Waals surface area contributed by atoms with Crippen LogP contribution in [0, 0.1) is 15.5 Å². The SMILES string of the molecule is O=C(NS(=O)(=O)c1cc2c(c([N+](=O)[O-])c1)N[C@H]([C@H]1COCCO1)CO2)c1ccc(N2CCC3(CC2)CC(N2CCC[C@H]2c2ccccc2C2CC2)C3)cc1N1c2cc3cc[nH]c3nc2O[C@H]2COCC[C@@H]21. The number of hydrogen-bond acceptors (Lipinski definition) is 15. The Hall–Kier alpha value is -5.99. The highest BCUT2D eigenvalue weighted by Gasteiger charge is 2.51. The lowest BCUT2D eigenvalue weighted by atomic mass is 9.59. The number of pyridine rings is 1. The van der Waals surface area contributed by atoms with Crippen molar-refractivity contribution in [2.45, 2.75) is 105 Å². The number of H-pyrrole nitrogens is 1. The molecule has 5 atom stereocenters. The Bertz CT molecular complexity index is 3020. The van der Waals surface area contributed by atoms with Crippen LogP contribution in [-0.2, 0) is 24.2 Å². The number of nitro groups is 1. The van der Waals surface area contributed by atoms with Gasteiger partial charge < -0.3 is 43.8 Å². The van der Waals surface area contributed by atoms with Gasteiger partial charge in [0.25, 0.3) is 21.6 Å². The molecule has 2 aromatic heterocycles. The van der Waals surface area contributed by atoms with Gasteiger partial charge in [-0.05, 0) is 117 Å². The minimum atomic E-state index is -4.71. The molecule has 8 aliphatic rings. The van der Waals surface area contributed by atoms with E-state index >= 15 is 0 Å². The molecule has 19 heteroatoms. The van der Waals surface area contributed by atoms with Crippen molar-refractivity contribution in [3.05, 3.63) is 99.7 Å². The average Bonchev–Trinajstić information content (AvgIpc) is 3.94. The second-order valence-electron chi connectivity index (χ2n) is 20.8. The Morgan fingerprint density at radius 1 is 0.873 bits per heavy atom. The van der Waals surface area contributed by atoms with E-state index in [2.05, 4.69) is 54.0 Å². The van der Waals surface area contributed by atoms with Gasteiger partial charge in [0.15, 0.2) is 11.4 Å². The topological polar surface area (TPSA) is 203 Å². The first kappa shape index (κ1) is 44.9. The number of aromatic amines is 1. The molecule has 1 spiro atoms. The predicted molar refractivity (Wildman–Crippen MR) is 264 cm³/mol. The maximum atomic E-state index is 14.8. The number of nitro benzene ring substituents is 1. The number of piperidine rings is 1. The molecule has 1 amide bonds. The van der Waals surface area contributed by atoms with Crippen LogP contribution in [0.4, 0.5) is 28.4 Å². The van der Waals surface area contributed by atoms with Crippen molar-refractivity contribution in [1.82, 2.24) is 19.6 Å². The summed E-state index contributed by atoms with van der Waals surface area (Å²) in [5, 5.41) is 16.5. The zero-order valence-corrected chi connectivity index (χ0v) is 40.2. The van der Waals surface area contributed by atoms with E-state index in [1.54, 1.807) is 17.2 Å². The zero-order valence-electron chi connectivity index (χ0n) is 39.4. The molecule has 6 aliphatic heterocycles. The third kappa shape index (κ3) is 8.13. The van der Waals surface area contributed by atoms with E-state index in [9.17, 15) is 23.3 Å². The number of carbonyl (C=O) groups is 1. The van der Waals surface area contributed by atoms with E-state index in [4.69, 9.17) is 28.7 Å². The number of anilines is 4. The predicted octanol–water partition coefficient (Wildman–Crippen LogP) is 7.33. The number of benzene rings is 3. The second-order valence-corrected chi connectivity index (χ2v) is 22.5. The van der Waals surface area contributed by atoms with Gasteiger partial charge in [-0.3, -0.25) is 19.8 Å². The zero-order chi connectivity index (χ0) is 48.0. The van der Waals surface area contributed by atoms with Crippen molar-refractivity contribution in [3.63, 3.8) is 0 Å². The number of nitrogens with zero attached hydrogens (tertiary/aromatic N) is 5. The molecule has 8 heterocycles. The smallest absolute Gasteiger partial charge is 0.297 e. The molecule has 0 radical (unpaired) electrons. The molecule has 2 saturated carbocycles. The number of sulfonamides is 1. The molecular weight excluding hydrogens is 929 g/mol. The van der Waals surface area contributed by atoms with Gasteiger partial charge in [-0.1, -0.05) is 24.3 Å². The van der Waals surface area contributed by atoms with Crippen LogP contribution < -0.4 is 29.3 Å². The van der Waals surface area contributed by atoms with E-state index in [-0.39, 0.29) is 36.3 Å². The first-order valence-electron chi connectivity index (χ1n) is 25.3. The maximum Gasteiger partial charge on any atom is 0.297 e. The number of amides is 1. The van der Waals surface area contributed by atoms with E-state index in [0.29, 0.717) is 73.2 Å². The average molecular weight is 987 g/mol. The Morgan fingerprint density at radius 2 is 1.69 bits per heavy atom. The third-order valence-electron chi connectivity index (χ3n) is 16.6. The van der Waals surface area contributed by atoms with Crippen LogP contribution >= 0.6 is 0 Å². The Morgan fingerprint density at radius 3 is 2.49 bits per heavy atom. The van der Waals surface area contributed by atoms with Crippen LogP contribution in [0.2, 0.25) is 0 Å². The van der Waals surface area contributed by atoms with Crippen LogP contribution in [0.25, 0.3) is 11.0 Å². The summed E-state index contributed by atoms with van der Waals surface area (Å²) in [4.78, 5) is 41.4. The summed E-state index contributed by atoms with van der Waals surface area (Å²) < 4.78 is 60.6. The van der Waals surface area contributed by atoms with Gasteiger partial charge in [0.1, 0.15) is 30.1 Å². The van der Waals surface area contributed by atoms with E-state index in [0.717, 1.165) is 55.5 Å². The van der Waals surface area contributed by atoms with Gasteiger partial charge in [-0.25, -0.2) is 13.1 Å². The summed E-state index contributed by atoms with van der Waals surface area (Å²) in [5.74, 6) is 0.176. The number of carbonyl (C=O) groups excluding carboxylic acids is 1. The summed E-state index contributed by atoms with van der Waals surface area (Å²) in [6, 6.07) is 21.2. The molecule has 2 aliphatic carbocycles. The fourth-order valence-electron chi connectivity index (χ4n) is 12.7. The first-order valence-corrected chi connectivity index (χ1v) is 26.8. The van der Waals surface area contributed by atoms with Crippen LogP contribution in [0.3, 0.4) is 0 Å². The standard InChI is InChI=1S/C52H58N8O10S/c61-50(56-71(64,65)35-24-43(60(62)63)48-45(25-35)69-28-39(54-48)46-29-67-20-21-68-46)38-10-9-33(23-42(38)59-41-12-19-66-30-47(41)70-51-44(59)22-32-11-15-53-49(32)55-51)57-17-13-52(14-18-57)26-34(27-52)58-16-3-6-40(58)37-5-2-1-4-36(37)31-7-8-31/h1-2,4-5,9-11,15,22-25,31,34,39-41,46-47,54H,3,6-8,12-14,16-21,26-30H2,(H,53,55)(H,56,61)/t39-,40-,41-,46+,47-/m0/s1. The molecule has 13 rings (SSSR count). The van der Waals surface area contributed by atoms with Crippen molar-refractivity contribution >= 4 is 55.4 Å². The van der Waals surface area contributed by atoms with Crippen LogP contribution in [0.15, 0.2) is 77.8 Å². The number of ether oxygens (including phenoxy) is 5. The van der Waals surface area contributed by atoms with Crippen molar-refractivity contribution in [2.24, 2.45) is 5.41 Å². The summed E-state index contributed by atoms with van der Waals surface area (Å²) in [5.41, 5.74) is 5.74. The molecule has 0 unspecified atom stereocenters.